The van der Waals surface area contributed by atoms with Gasteiger partial charge in [-0.3, -0.25) is 4.79 Å². The molecule has 0 saturated carbocycles. The van der Waals surface area contributed by atoms with E-state index in [1.807, 2.05) is 24.3 Å². The van der Waals surface area contributed by atoms with Crippen LogP contribution in [-0.4, -0.2) is 13.0 Å². The first kappa shape index (κ1) is 15.2. The van der Waals surface area contributed by atoms with Crippen molar-refractivity contribution in [3.63, 3.8) is 0 Å². The number of nitrogen functional groups attached to an aromatic ring is 1. The van der Waals surface area contributed by atoms with Crippen molar-refractivity contribution >= 4 is 39.7 Å². The third-order valence-corrected chi connectivity index (χ3v) is 3.92. The van der Waals surface area contributed by atoms with Gasteiger partial charge in [0.15, 0.2) is 0 Å². The fraction of sp³-hybridized carbons (Fsp3) is 0.0556. The Morgan fingerprint density at radius 3 is 2.61 bits per heavy atom. The van der Waals surface area contributed by atoms with E-state index in [1.54, 1.807) is 30.3 Å². The molecule has 5 heteroatoms. The highest BCUT2D eigenvalue weighted by molar-refractivity contribution is 6.36. The molecule has 4 nitrogen and oxygen atoms in total. The van der Waals surface area contributed by atoms with Crippen LogP contribution in [0, 0.1) is 0 Å². The van der Waals surface area contributed by atoms with Gasteiger partial charge in [-0.1, -0.05) is 35.9 Å². The first-order valence-corrected chi connectivity index (χ1v) is 7.40. The fourth-order valence-electron chi connectivity index (χ4n) is 2.47. The lowest BCUT2D eigenvalue weighted by molar-refractivity contribution is 0.102. The third kappa shape index (κ3) is 2.94. The maximum absolute atomic E-state index is 12.7. The Kier molecular flexibility index (Phi) is 4.08. The van der Waals surface area contributed by atoms with E-state index in [0.29, 0.717) is 27.7 Å². The van der Waals surface area contributed by atoms with Crippen LogP contribution >= 0.6 is 11.6 Å². The SMILES string of the molecule is COc1cc(N)ccc1NC(=O)c1cccc2c(Cl)cccc12. The third-order valence-electron chi connectivity index (χ3n) is 3.59. The Morgan fingerprint density at radius 1 is 1.09 bits per heavy atom. The van der Waals surface area contributed by atoms with Gasteiger partial charge in [0.2, 0.25) is 0 Å². The quantitative estimate of drug-likeness (QED) is 0.704. The molecule has 3 rings (SSSR count). The van der Waals surface area contributed by atoms with Crippen LogP contribution in [0.3, 0.4) is 0 Å². The number of benzene rings is 3. The lowest BCUT2D eigenvalue weighted by atomic mass is 10.0. The number of carbonyl (C=O) groups excluding carboxylic acids is 1. The number of anilines is 2. The van der Waals surface area contributed by atoms with Gasteiger partial charge in [-0.2, -0.15) is 0 Å². The zero-order valence-electron chi connectivity index (χ0n) is 12.5. The van der Waals surface area contributed by atoms with E-state index >= 15 is 0 Å². The van der Waals surface area contributed by atoms with Crippen molar-refractivity contribution in [2.45, 2.75) is 0 Å². The van der Waals surface area contributed by atoms with Gasteiger partial charge in [-0.05, 0) is 29.7 Å². The minimum absolute atomic E-state index is 0.235. The second-order valence-corrected chi connectivity index (χ2v) is 5.46. The summed E-state index contributed by atoms with van der Waals surface area (Å²) in [7, 11) is 1.53. The minimum atomic E-state index is -0.235. The first-order chi connectivity index (χ1) is 11.1. The van der Waals surface area contributed by atoms with Gasteiger partial charge in [0, 0.05) is 27.7 Å². The predicted molar refractivity (Wildman–Crippen MR) is 94.3 cm³/mol. The number of halogens is 1. The lowest BCUT2D eigenvalue weighted by Gasteiger charge is -2.12. The maximum Gasteiger partial charge on any atom is 0.256 e. The van der Waals surface area contributed by atoms with Crippen molar-refractivity contribution in [2.75, 3.05) is 18.2 Å². The van der Waals surface area contributed by atoms with Gasteiger partial charge in [0.05, 0.1) is 12.8 Å². The number of fused-ring (bicyclic) bond motifs is 1. The zero-order chi connectivity index (χ0) is 16.4. The summed E-state index contributed by atoms with van der Waals surface area (Å²) in [5, 5.41) is 5.10. The van der Waals surface area contributed by atoms with Crippen LogP contribution in [0.2, 0.25) is 5.02 Å². The molecule has 0 saturated heterocycles. The smallest absolute Gasteiger partial charge is 0.256 e. The molecule has 0 fully saturated rings. The molecule has 0 radical (unpaired) electrons. The normalized spacial score (nSPS) is 10.5. The average molecular weight is 327 g/mol. The number of carbonyl (C=O) groups is 1. The summed E-state index contributed by atoms with van der Waals surface area (Å²) < 4.78 is 5.25. The van der Waals surface area contributed by atoms with Crippen molar-refractivity contribution in [1.82, 2.24) is 0 Å². The van der Waals surface area contributed by atoms with Crippen LogP contribution in [0.1, 0.15) is 10.4 Å². The van der Waals surface area contributed by atoms with Crippen molar-refractivity contribution in [1.29, 1.82) is 0 Å². The molecule has 0 bridgehead atoms. The van der Waals surface area contributed by atoms with E-state index in [9.17, 15) is 4.79 Å². The molecule has 3 N–H and O–H groups in total. The molecule has 0 aliphatic carbocycles. The van der Waals surface area contributed by atoms with E-state index < -0.39 is 0 Å². The monoisotopic (exact) mass is 326 g/mol. The van der Waals surface area contributed by atoms with Crippen molar-refractivity contribution in [2.24, 2.45) is 0 Å². The molecule has 0 aliphatic rings. The minimum Gasteiger partial charge on any atom is -0.494 e. The molecule has 0 aromatic heterocycles. The number of amides is 1. The van der Waals surface area contributed by atoms with Crippen LogP contribution < -0.4 is 15.8 Å². The molecule has 23 heavy (non-hydrogen) atoms. The summed E-state index contributed by atoms with van der Waals surface area (Å²) in [5.41, 5.74) is 7.40. The zero-order valence-corrected chi connectivity index (χ0v) is 13.2. The Bertz CT molecular complexity index is 893. The molecular formula is C18H15ClN2O2. The number of methoxy groups -OCH3 is 1. The van der Waals surface area contributed by atoms with E-state index in [0.717, 1.165) is 10.8 Å². The summed E-state index contributed by atoms with van der Waals surface area (Å²) in [4.78, 5) is 12.7. The van der Waals surface area contributed by atoms with Gasteiger partial charge >= 0.3 is 0 Å². The lowest BCUT2D eigenvalue weighted by Crippen LogP contribution is -2.13. The van der Waals surface area contributed by atoms with Crippen molar-refractivity contribution in [3.05, 3.63) is 65.2 Å². The summed E-state index contributed by atoms with van der Waals surface area (Å²) in [6, 6.07) is 16.0. The molecule has 0 aliphatic heterocycles. The summed E-state index contributed by atoms with van der Waals surface area (Å²) in [6.07, 6.45) is 0. The largest absolute Gasteiger partial charge is 0.494 e. The first-order valence-electron chi connectivity index (χ1n) is 7.02. The second kappa shape index (κ2) is 6.18. The number of hydrogen-bond acceptors (Lipinski definition) is 3. The fourth-order valence-corrected chi connectivity index (χ4v) is 2.71. The Morgan fingerprint density at radius 2 is 1.83 bits per heavy atom. The topological polar surface area (TPSA) is 64.3 Å². The standard InChI is InChI=1S/C18H15ClN2O2/c1-23-17-10-11(20)8-9-16(17)21-18(22)14-6-2-5-13-12(14)4-3-7-15(13)19/h2-10H,20H2,1H3,(H,21,22). The number of rotatable bonds is 3. The van der Waals surface area contributed by atoms with Gasteiger partial charge in [0.1, 0.15) is 5.75 Å². The number of ether oxygens (including phenoxy) is 1. The molecule has 0 unspecified atom stereocenters. The van der Waals surface area contributed by atoms with Crippen molar-refractivity contribution < 1.29 is 9.53 Å². The van der Waals surface area contributed by atoms with Crippen LogP contribution in [0.4, 0.5) is 11.4 Å². The number of hydrogen-bond donors (Lipinski definition) is 2. The van der Waals surface area contributed by atoms with Crippen LogP contribution in [-0.2, 0) is 0 Å². The summed E-state index contributed by atoms with van der Waals surface area (Å²) >= 11 is 6.19. The van der Waals surface area contributed by atoms with Crippen molar-refractivity contribution in [3.8, 4) is 5.75 Å². The van der Waals surface area contributed by atoms with Crippen LogP contribution in [0.5, 0.6) is 5.75 Å². The highest BCUT2D eigenvalue weighted by Gasteiger charge is 2.13. The Hall–Kier alpha value is -2.72. The number of nitrogens with one attached hydrogen (secondary N) is 1. The Balaban J connectivity index is 2.00. The van der Waals surface area contributed by atoms with Gasteiger partial charge in [0.25, 0.3) is 5.91 Å². The average Bonchev–Trinajstić information content (AvgIpc) is 2.56. The molecule has 3 aromatic rings. The van der Waals surface area contributed by atoms with E-state index in [1.165, 1.54) is 7.11 Å². The van der Waals surface area contributed by atoms with E-state index in [2.05, 4.69) is 5.32 Å². The van der Waals surface area contributed by atoms with Crippen LogP contribution in [0.25, 0.3) is 10.8 Å². The maximum atomic E-state index is 12.7. The molecule has 0 atom stereocenters. The van der Waals surface area contributed by atoms with Crippen LogP contribution in [0.15, 0.2) is 54.6 Å². The summed E-state index contributed by atoms with van der Waals surface area (Å²) in [6.45, 7) is 0. The Labute approximate surface area is 138 Å². The van der Waals surface area contributed by atoms with Gasteiger partial charge in [-0.25, -0.2) is 0 Å². The molecule has 3 aromatic carbocycles. The summed E-state index contributed by atoms with van der Waals surface area (Å²) in [5.74, 6) is 0.276. The number of nitrogens with two attached hydrogens (primary N) is 1. The molecule has 0 spiro atoms. The highest BCUT2D eigenvalue weighted by Crippen LogP contribution is 2.29. The molecule has 1 amide bonds. The van der Waals surface area contributed by atoms with E-state index in [-0.39, 0.29) is 5.91 Å². The molecule has 0 heterocycles. The van der Waals surface area contributed by atoms with E-state index in [4.69, 9.17) is 22.1 Å². The second-order valence-electron chi connectivity index (χ2n) is 5.05. The van der Waals surface area contributed by atoms with Gasteiger partial charge in [-0.15, -0.1) is 0 Å². The van der Waals surface area contributed by atoms with Gasteiger partial charge < -0.3 is 15.8 Å². The molecular weight excluding hydrogens is 312 g/mol. The highest BCUT2D eigenvalue weighted by atomic mass is 35.5. The molecule has 116 valence electrons. The predicted octanol–water partition coefficient (Wildman–Crippen LogP) is 4.34.